The summed E-state index contributed by atoms with van der Waals surface area (Å²) < 4.78 is 7.05. The molecule has 0 saturated carbocycles. The summed E-state index contributed by atoms with van der Waals surface area (Å²) in [6, 6.07) is 70.1. The first-order chi connectivity index (χ1) is 27.7. The zero-order valence-corrected chi connectivity index (χ0v) is 31.0. The summed E-state index contributed by atoms with van der Waals surface area (Å²) in [4.78, 5) is 3.71. The molecule has 1 N–H and O–H groups in total. The number of hydrogen-bond acceptors (Lipinski definition) is 1. The highest BCUT2D eigenvalue weighted by Crippen LogP contribution is 2.49. The molecule has 1 atom stereocenters. The molecule has 0 bridgehead atoms. The van der Waals surface area contributed by atoms with Crippen LogP contribution in [-0.4, -0.2) is 4.98 Å². The van der Waals surface area contributed by atoms with E-state index in [0.29, 0.717) is 0 Å². The monoisotopic (exact) mass is 715 g/mol. The number of fused-ring (bicyclic) bond motifs is 7. The molecule has 1 heterocycles. The maximum Gasteiger partial charge on any atom is 0.135 e. The number of H-pyrrole nitrogens is 1. The number of nitrogens with one attached hydrogen (secondary N) is 1. The Balaban J connectivity index is 0.999. The maximum absolute atomic E-state index is 7.05. The summed E-state index contributed by atoms with van der Waals surface area (Å²) in [7, 11) is 0. The molecule has 1 unspecified atom stereocenters. The van der Waals surface area contributed by atoms with Gasteiger partial charge in [0.05, 0.1) is 5.52 Å². The maximum atomic E-state index is 7.05. The lowest BCUT2D eigenvalue weighted by Crippen LogP contribution is -1.98. The molecule has 56 heavy (non-hydrogen) atoms. The molecule has 0 aliphatic heterocycles. The molecule has 0 radical (unpaired) electrons. The van der Waals surface area contributed by atoms with Crippen LogP contribution in [0, 0.1) is 6.92 Å². The zero-order valence-electron chi connectivity index (χ0n) is 31.0. The van der Waals surface area contributed by atoms with E-state index in [1.807, 2.05) is 0 Å². The molecule has 1 aliphatic carbocycles. The average molecular weight is 716 g/mol. The Kier molecular flexibility index (Phi) is 7.50. The van der Waals surface area contributed by atoms with Crippen molar-refractivity contribution in [3.05, 3.63) is 216 Å². The van der Waals surface area contributed by atoms with Crippen LogP contribution in [0.5, 0.6) is 11.5 Å². The molecular weight excluding hydrogens is 679 g/mol. The van der Waals surface area contributed by atoms with Gasteiger partial charge in [-0.15, -0.1) is 0 Å². The third-order valence-electron chi connectivity index (χ3n) is 11.7. The van der Waals surface area contributed by atoms with Gasteiger partial charge in [-0.3, -0.25) is 0 Å². The van der Waals surface area contributed by atoms with Gasteiger partial charge in [0.1, 0.15) is 11.5 Å². The van der Waals surface area contributed by atoms with Gasteiger partial charge in [0, 0.05) is 38.7 Å². The molecule has 1 aromatic heterocycles. The summed E-state index contributed by atoms with van der Waals surface area (Å²) in [6.45, 7) is 2.19. The van der Waals surface area contributed by atoms with Crippen molar-refractivity contribution in [3.8, 4) is 56.0 Å². The van der Waals surface area contributed by atoms with Crippen LogP contribution < -0.4 is 4.74 Å². The number of para-hydroxylation sites is 3. The van der Waals surface area contributed by atoms with Crippen molar-refractivity contribution in [2.24, 2.45) is 0 Å². The minimum absolute atomic E-state index is 0.235. The van der Waals surface area contributed by atoms with Gasteiger partial charge in [-0.05, 0) is 104 Å². The number of rotatable bonds is 6. The third kappa shape index (κ3) is 5.26. The topological polar surface area (TPSA) is 25.0 Å². The molecule has 11 rings (SSSR count). The van der Waals surface area contributed by atoms with E-state index in [-0.39, 0.29) is 5.92 Å². The van der Waals surface area contributed by atoms with Gasteiger partial charge in [0.2, 0.25) is 0 Å². The smallest absolute Gasteiger partial charge is 0.135 e. The van der Waals surface area contributed by atoms with Crippen molar-refractivity contribution < 1.29 is 4.74 Å². The van der Waals surface area contributed by atoms with Crippen molar-refractivity contribution >= 4 is 32.6 Å². The highest BCUT2D eigenvalue weighted by Gasteiger charge is 2.30. The number of hydrogen-bond donors (Lipinski definition) is 1. The van der Waals surface area contributed by atoms with Crippen molar-refractivity contribution in [1.82, 2.24) is 4.98 Å². The number of aromatic amines is 1. The van der Waals surface area contributed by atoms with Gasteiger partial charge in [-0.1, -0.05) is 158 Å². The van der Waals surface area contributed by atoms with Crippen molar-refractivity contribution in [3.63, 3.8) is 0 Å². The van der Waals surface area contributed by atoms with Crippen molar-refractivity contribution in [2.45, 2.75) is 12.8 Å². The molecule has 264 valence electrons. The van der Waals surface area contributed by atoms with Crippen LogP contribution in [0.15, 0.2) is 194 Å². The summed E-state index contributed by atoms with van der Waals surface area (Å²) in [5.41, 5.74) is 17.0. The van der Waals surface area contributed by atoms with Gasteiger partial charge in [0.25, 0.3) is 0 Å². The predicted octanol–water partition coefficient (Wildman–Crippen LogP) is 14.7. The molecule has 0 amide bonds. The Labute approximate surface area is 326 Å². The fourth-order valence-corrected chi connectivity index (χ4v) is 9.00. The van der Waals surface area contributed by atoms with E-state index in [1.165, 1.54) is 55.3 Å². The average Bonchev–Trinajstić information content (AvgIpc) is 3.80. The summed E-state index contributed by atoms with van der Waals surface area (Å²) in [5, 5.41) is 4.66. The standard InChI is InChI=1S/C54H37NO/c1-34-26-27-36(37-28-29-46-49(32-37)42-18-7-8-21-45(42)53(46)35-14-3-2-4-15-35)31-48(34)44-20-10-12-25-51(44)56-52-33-39(30-38-16-5-6-17-40(38)52)41-22-13-23-47-43-19-9-11-24-50(43)55-54(41)47/h2-33,53,55H,1H3. The zero-order chi connectivity index (χ0) is 37.2. The van der Waals surface area contributed by atoms with Gasteiger partial charge in [0.15, 0.2) is 0 Å². The first kappa shape index (κ1) is 32.3. The number of aryl methyl sites for hydroxylation is 1. The number of aromatic nitrogens is 1. The third-order valence-corrected chi connectivity index (χ3v) is 11.7. The molecule has 0 saturated heterocycles. The highest BCUT2D eigenvalue weighted by atomic mass is 16.5. The van der Waals surface area contributed by atoms with Crippen LogP contribution in [0.4, 0.5) is 0 Å². The van der Waals surface area contributed by atoms with E-state index in [9.17, 15) is 0 Å². The Morgan fingerprint density at radius 2 is 1.07 bits per heavy atom. The Hall–Kier alpha value is -7.16. The van der Waals surface area contributed by atoms with Gasteiger partial charge < -0.3 is 9.72 Å². The van der Waals surface area contributed by atoms with Crippen molar-refractivity contribution in [2.75, 3.05) is 0 Å². The van der Waals surface area contributed by atoms with Crippen LogP contribution in [-0.2, 0) is 0 Å². The quantitative estimate of drug-likeness (QED) is 0.182. The van der Waals surface area contributed by atoms with E-state index in [0.717, 1.165) is 55.6 Å². The molecular formula is C54H37NO. The Morgan fingerprint density at radius 3 is 1.96 bits per heavy atom. The largest absolute Gasteiger partial charge is 0.456 e. The minimum Gasteiger partial charge on any atom is -0.456 e. The van der Waals surface area contributed by atoms with Gasteiger partial charge in [-0.2, -0.15) is 0 Å². The summed E-state index contributed by atoms with van der Waals surface area (Å²) in [6.07, 6.45) is 0. The van der Waals surface area contributed by atoms with E-state index in [2.05, 4.69) is 206 Å². The number of ether oxygens (including phenoxy) is 1. The summed E-state index contributed by atoms with van der Waals surface area (Å²) in [5.74, 6) is 1.89. The Morgan fingerprint density at radius 1 is 0.411 bits per heavy atom. The lowest BCUT2D eigenvalue weighted by atomic mass is 9.88. The second-order valence-electron chi connectivity index (χ2n) is 15.0. The lowest BCUT2D eigenvalue weighted by Gasteiger charge is -2.17. The second-order valence-corrected chi connectivity index (χ2v) is 15.0. The highest BCUT2D eigenvalue weighted by molar-refractivity contribution is 6.12. The predicted molar refractivity (Wildman–Crippen MR) is 234 cm³/mol. The van der Waals surface area contributed by atoms with Crippen LogP contribution in [0.25, 0.3) is 77.1 Å². The first-order valence-electron chi connectivity index (χ1n) is 19.4. The van der Waals surface area contributed by atoms with Crippen LogP contribution >= 0.6 is 0 Å². The molecule has 0 spiro atoms. The SMILES string of the molecule is Cc1ccc(-c2ccc3c(c2)-c2ccccc2C3c2ccccc2)cc1-c1ccccc1Oc1cc(-c2cccc3c2[nH]c2ccccc23)cc2ccccc12. The van der Waals surface area contributed by atoms with Crippen LogP contribution in [0.2, 0.25) is 0 Å². The van der Waals surface area contributed by atoms with E-state index in [1.54, 1.807) is 0 Å². The molecule has 0 fully saturated rings. The van der Waals surface area contributed by atoms with E-state index < -0.39 is 0 Å². The lowest BCUT2D eigenvalue weighted by molar-refractivity contribution is 0.490. The molecule has 9 aromatic carbocycles. The van der Waals surface area contributed by atoms with Crippen LogP contribution in [0.3, 0.4) is 0 Å². The van der Waals surface area contributed by atoms with Crippen molar-refractivity contribution in [1.29, 1.82) is 0 Å². The van der Waals surface area contributed by atoms with Gasteiger partial charge in [-0.25, -0.2) is 0 Å². The number of benzene rings is 9. The minimum atomic E-state index is 0.235. The van der Waals surface area contributed by atoms with Crippen LogP contribution in [0.1, 0.15) is 28.2 Å². The van der Waals surface area contributed by atoms with Gasteiger partial charge >= 0.3 is 0 Å². The normalized spacial score (nSPS) is 13.3. The molecule has 10 aromatic rings. The van der Waals surface area contributed by atoms with E-state index in [4.69, 9.17) is 4.74 Å². The second kappa shape index (κ2) is 13.0. The molecule has 2 heteroatoms. The fraction of sp³-hybridized carbons (Fsp3) is 0.0370. The molecule has 1 aliphatic rings. The summed E-state index contributed by atoms with van der Waals surface area (Å²) >= 11 is 0. The fourth-order valence-electron chi connectivity index (χ4n) is 9.00. The Bertz CT molecular complexity index is 3130. The first-order valence-corrected chi connectivity index (χ1v) is 19.4. The molecule has 2 nitrogen and oxygen atoms in total. The van der Waals surface area contributed by atoms with E-state index >= 15 is 0 Å².